The third-order valence-corrected chi connectivity index (χ3v) is 7.05. The lowest BCUT2D eigenvalue weighted by molar-refractivity contribution is 0.201. The fourth-order valence-electron chi connectivity index (χ4n) is 4.29. The van der Waals surface area contributed by atoms with Crippen molar-refractivity contribution < 1.29 is 4.74 Å². The van der Waals surface area contributed by atoms with E-state index in [1.54, 1.807) is 7.11 Å². The van der Waals surface area contributed by atoms with Gasteiger partial charge in [-0.25, -0.2) is 9.50 Å². The van der Waals surface area contributed by atoms with Crippen molar-refractivity contribution >= 4 is 28.7 Å². The number of hydrogen-bond donors (Lipinski definition) is 1. The molecule has 0 atom stereocenters. The molecular weight excluding hydrogens is 460 g/mol. The van der Waals surface area contributed by atoms with Crippen LogP contribution in [0.4, 0.5) is 5.69 Å². The second-order valence-electron chi connectivity index (χ2n) is 8.46. The maximum atomic E-state index is 5.16. The zero-order chi connectivity index (χ0) is 23.6. The van der Waals surface area contributed by atoms with Gasteiger partial charge >= 0.3 is 0 Å². The van der Waals surface area contributed by atoms with E-state index in [2.05, 4.69) is 61.9 Å². The zero-order valence-electron chi connectivity index (χ0n) is 19.5. The number of aromatic nitrogens is 6. The fourth-order valence-corrected chi connectivity index (χ4v) is 5.06. The molecule has 0 spiro atoms. The van der Waals surface area contributed by atoms with Gasteiger partial charge in [0.25, 0.3) is 0 Å². The Morgan fingerprint density at radius 3 is 2.54 bits per heavy atom. The van der Waals surface area contributed by atoms with Crippen LogP contribution in [-0.4, -0.2) is 69.1 Å². The molecule has 0 bridgehead atoms. The highest BCUT2D eigenvalue weighted by Crippen LogP contribution is 2.28. The van der Waals surface area contributed by atoms with Crippen LogP contribution < -0.4 is 10.2 Å². The Morgan fingerprint density at radius 1 is 0.914 bits per heavy atom. The third kappa shape index (κ3) is 4.60. The summed E-state index contributed by atoms with van der Waals surface area (Å²) < 4.78 is 8.98. The van der Waals surface area contributed by atoms with Gasteiger partial charge in [0.05, 0.1) is 18.5 Å². The monoisotopic (exact) mass is 486 g/mol. The SMILES string of the molecule is COCCc1cn2nc(Sc3nnc4ccc(-c5ccc(N6CCNCC6)cc5)cn34)ccc2n1. The zero-order valence-corrected chi connectivity index (χ0v) is 20.3. The first kappa shape index (κ1) is 22.0. The summed E-state index contributed by atoms with van der Waals surface area (Å²) in [7, 11) is 1.69. The van der Waals surface area contributed by atoms with Gasteiger partial charge in [0, 0.05) is 51.6 Å². The fraction of sp³-hybridized carbons (Fsp3) is 0.280. The summed E-state index contributed by atoms with van der Waals surface area (Å²) in [6.45, 7) is 4.78. The number of hydrogen-bond acceptors (Lipinski definition) is 8. The number of methoxy groups -OCH3 is 1. The molecule has 1 aliphatic rings. The second-order valence-corrected chi connectivity index (χ2v) is 9.45. The molecule has 4 aromatic heterocycles. The molecule has 1 aromatic carbocycles. The Hall–Kier alpha value is -3.47. The number of imidazole rings is 1. The summed E-state index contributed by atoms with van der Waals surface area (Å²) in [6, 6.07) is 16.8. The largest absolute Gasteiger partial charge is 0.384 e. The second kappa shape index (κ2) is 9.65. The Labute approximate surface area is 207 Å². The maximum absolute atomic E-state index is 5.16. The minimum Gasteiger partial charge on any atom is -0.384 e. The van der Waals surface area contributed by atoms with Crippen LogP contribution in [0.15, 0.2) is 71.1 Å². The van der Waals surface area contributed by atoms with Crippen LogP contribution in [0.3, 0.4) is 0 Å². The summed E-state index contributed by atoms with van der Waals surface area (Å²) in [5.74, 6) is 0. The van der Waals surface area contributed by atoms with Crippen molar-refractivity contribution in [2.24, 2.45) is 0 Å². The van der Waals surface area contributed by atoms with E-state index < -0.39 is 0 Å². The summed E-state index contributed by atoms with van der Waals surface area (Å²) in [4.78, 5) is 7.01. The predicted octanol–water partition coefficient (Wildman–Crippen LogP) is 3.19. The standard InChI is InChI=1S/C25H26N8OS/c1-34-15-10-20-17-33-22(27-20)8-9-24(30-33)35-25-29-28-23-7-4-19(16-32(23)25)18-2-5-21(6-3-18)31-13-11-26-12-14-31/h2-9,16-17,26H,10-15H2,1H3. The van der Waals surface area contributed by atoms with E-state index in [1.807, 2.05) is 33.3 Å². The molecule has 0 radical (unpaired) electrons. The highest BCUT2D eigenvalue weighted by atomic mass is 32.2. The summed E-state index contributed by atoms with van der Waals surface area (Å²) in [6.07, 6.45) is 4.80. The van der Waals surface area contributed by atoms with Gasteiger partial charge in [-0.15, -0.1) is 10.2 Å². The highest BCUT2D eigenvalue weighted by Gasteiger charge is 2.13. The number of anilines is 1. The van der Waals surface area contributed by atoms with Crippen LogP contribution in [-0.2, 0) is 11.2 Å². The topological polar surface area (TPSA) is 84.9 Å². The Kier molecular flexibility index (Phi) is 6.07. The van der Waals surface area contributed by atoms with Crippen molar-refractivity contribution in [1.29, 1.82) is 0 Å². The average Bonchev–Trinajstić information content (AvgIpc) is 3.51. The van der Waals surface area contributed by atoms with Crippen LogP contribution in [0.5, 0.6) is 0 Å². The molecule has 1 aliphatic heterocycles. The van der Waals surface area contributed by atoms with Crippen molar-refractivity contribution in [1.82, 2.24) is 34.5 Å². The Bertz CT molecular complexity index is 1460. The van der Waals surface area contributed by atoms with Crippen molar-refractivity contribution in [2.75, 3.05) is 44.8 Å². The van der Waals surface area contributed by atoms with Gasteiger partial charge in [-0.05, 0) is 59.3 Å². The molecule has 0 unspecified atom stereocenters. The van der Waals surface area contributed by atoms with Crippen LogP contribution in [0.1, 0.15) is 5.69 Å². The minimum atomic E-state index is 0.637. The number of nitrogens with zero attached hydrogens (tertiary/aromatic N) is 7. The Morgan fingerprint density at radius 2 is 1.71 bits per heavy atom. The van der Waals surface area contributed by atoms with E-state index in [-0.39, 0.29) is 0 Å². The van der Waals surface area contributed by atoms with Gasteiger partial charge in [0.2, 0.25) is 5.16 Å². The number of piperazine rings is 1. The first-order valence-corrected chi connectivity index (χ1v) is 12.5. The van der Waals surface area contributed by atoms with Crippen molar-refractivity contribution in [3.05, 3.63) is 66.6 Å². The van der Waals surface area contributed by atoms with Crippen LogP contribution in [0, 0.1) is 0 Å². The maximum Gasteiger partial charge on any atom is 0.201 e. The molecule has 178 valence electrons. The van der Waals surface area contributed by atoms with E-state index in [9.17, 15) is 0 Å². The summed E-state index contributed by atoms with van der Waals surface area (Å²) >= 11 is 1.48. The van der Waals surface area contributed by atoms with E-state index in [1.165, 1.54) is 17.4 Å². The molecule has 1 saturated heterocycles. The molecule has 0 amide bonds. The smallest absolute Gasteiger partial charge is 0.201 e. The first-order valence-electron chi connectivity index (χ1n) is 11.7. The van der Waals surface area contributed by atoms with Gasteiger partial charge in [-0.3, -0.25) is 4.40 Å². The lowest BCUT2D eigenvalue weighted by Crippen LogP contribution is -2.43. The number of rotatable bonds is 7. The van der Waals surface area contributed by atoms with Gasteiger partial charge in [-0.2, -0.15) is 5.10 Å². The van der Waals surface area contributed by atoms with Gasteiger partial charge < -0.3 is 15.0 Å². The summed E-state index contributed by atoms with van der Waals surface area (Å²) in [5, 5.41) is 18.5. The van der Waals surface area contributed by atoms with Gasteiger partial charge in [0.15, 0.2) is 11.3 Å². The van der Waals surface area contributed by atoms with Crippen LogP contribution >= 0.6 is 11.8 Å². The molecule has 5 aromatic rings. The number of ether oxygens (including phenoxy) is 1. The normalized spacial score (nSPS) is 14.3. The first-order chi connectivity index (χ1) is 17.3. The van der Waals surface area contributed by atoms with E-state index in [0.717, 1.165) is 70.9 Å². The quantitative estimate of drug-likeness (QED) is 0.376. The van der Waals surface area contributed by atoms with E-state index >= 15 is 0 Å². The van der Waals surface area contributed by atoms with Gasteiger partial charge in [-0.1, -0.05) is 12.1 Å². The number of benzene rings is 1. The predicted molar refractivity (Wildman–Crippen MR) is 136 cm³/mol. The molecule has 10 heteroatoms. The molecule has 5 heterocycles. The molecule has 6 rings (SSSR count). The summed E-state index contributed by atoms with van der Waals surface area (Å²) in [5.41, 5.74) is 6.13. The van der Waals surface area contributed by atoms with E-state index in [4.69, 9.17) is 9.84 Å². The molecule has 0 saturated carbocycles. The number of nitrogens with one attached hydrogen (secondary N) is 1. The number of pyridine rings is 1. The number of fused-ring (bicyclic) bond motifs is 2. The molecule has 1 fully saturated rings. The minimum absolute atomic E-state index is 0.637. The highest BCUT2D eigenvalue weighted by molar-refractivity contribution is 7.99. The molecule has 35 heavy (non-hydrogen) atoms. The van der Waals surface area contributed by atoms with Crippen LogP contribution in [0.2, 0.25) is 0 Å². The van der Waals surface area contributed by atoms with Crippen molar-refractivity contribution in [3.8, 4) is 11.1 Å². The molecular formula is C25H26N8OS. The molecule has 9 nitrogen and oxygen atoms in total. The Balaban J connectivity index is 1.25. The van der Waals surface area contributed by atoms with E-state index in [0.29, 0.717) is 6.61 Å². The van der Waals surface area contributed by atoms with Gasteiger partial charge in [0.1, 0.15) is 5.03 Å². The molecule has 1 N–H and O–H groups in total. The van der Waals surface area contributed by atoms with Crippen molar-refractivity contribution in [3.63, 3.8) is 0 Å². The lowest BCUT2D eigenvalue weighted by Gasteiger charge is -2.29. The third-order valence-electron chi connectivity index (χ3n) is 6.16. The average molecular weight is 487 g/mol. The van der Waals surface area contributed by atoms with Crippen molar-refractivity contribution in [2.45, 2.75) is 16.6 Å². The lowest BCUT2D eigenvalue weighted by atomic mass is 10.1. The van der Waals surface area contributed by atoms with Crippen LogP contribution in [0.25, 0.3) is 22.4 Å². The molecule has 0 aliphatic carbocycles.